The number of aromatic nitrogens is 3. The first-order valence-corrected chi connectivity index (χ1v) is 10.5. The van der Waals surface area contributed by atoms with E-state index in [1.54, 1.807) is 12.4 Å². The number of fused-ring (bicyclic) bond motifs is 2. The second kappa shape index (κ2) is 6.57. The van der Waals surface area contributed by atoms with Crippen LogP contribution in [0, 0.1) is 17.3 Å². The summed E-state index contributed by atoms with van der Waals surface area (Å²) in [6, 6.07) is 1.82. The van der Waals surface area contributed by atoms with Crippen LogP contribution in [-0.4, -0.2) is 63.0 Å². The molecule has 0 unspecified atom stereocenters. The lowest BCUT2D eigenvalue weighted by atomic mass is 9.92. The summed E-state index contributed by atoms with van der Waals surface area (Å²) in [6.07, 6.45) is 8.61. The van der Waals surface area contributed by atoms with E-state index in [1.165, 1.54) is 12.8 Å². The summed E-state index contributed by atoms with van der Waals surface area (Å²) in [4.78, 5) is 34.4. The zero-order valence-electron chi connectivity index (χ0n) is 16.4. The topological polar surface area (TPSA) is 82.2 Å². The molecule has 3 fully saturated rings. The minimum atomic E-state index is -0.212. The van der Waals surface area contributed by atoms with E-state index in [9.17, 15) is 9.59 Å². The number of hydrogen-bond acceptors (Lipinski definition) is 4. The summed E-state index contributed by atoms with van der Waals surface area (Å²) in [7, 11) is 0. The van der Waals surface area contributed by atoms with E-state index in [0.29, 0.717) is 36.5 Å². The van der Waals surface area contributed by atoms with Crippen molar-refractivity contribution in [3.63, 3.8) is 0 Å². The summed E-state index contributed by atoms with van der Waals surface area (Å²) < 4.78 is 0. The standard InChI is InChI=1S/C21H27N5O2/c1-14-4-2-3-8-26(12-14)20(28)21-6-9-25(13-15(21)10-21)19(27)18-16-11-22-7-5-17(16)23-24-18/h5,7,11,14-15H,2-4,6,8-10,12-13H2,1H3,(H,23,24)/t14-,15-,21+/m0/s1. The van der Waals surface area contributed by atoms with E-state index in [1.807, 2.05) is 11.0 Å². The Kier molecular flexibility index (Phi) is 4.14. The van der Waals surface area contributed by atoms with E-state index in [4.69, 9.17) is 0 Å². The van der Waals surface area contributed by atoms with Gasteiger partial charge in [0.15, 0.2) is 5.69 Å². The van der Waals surface area contributed by atoms with Crippen LogP contribution in [0.3, 0.4) is 0 Å². The predicted molar refractivity (Wildman–Crippen MR) is 105 cm³/mol. The minimum Gasteiger partial charge on any atom is -0.342 e. The third-order valence-electron chi connectivity index (χ3n) is 6.97. The predicted octanol–water partition coefficient (Wildman–Crippen LogP) is 2.46. The van der Waals surface area contributed by atoms with E-state index in [-0.39, 0.29) is 11.3 Å². The first-order valence-electron chi connectivity index (χ1n) is 10.5. The van der Waals surface area contributed by atoms with Gasteiger partial charge >= 0.3 is 0 Å². The average molecular weight is 381 g/mol. The Morgan fingerprint density at radius 1 is 1.21 bits per heavy atom. The maximum Gasteiger partial charge on any atom is 0.275 e. The molecular weight excluding hydrogens is 354 g/mol. The van der Waals surface area contributed by atoms with Crippen molar-refractivity contribution in [1.82, 2.24) is 25.0 Å². The Balaban J connectivity index is 1.28. The number of nitrogens with zero attached hydrogens (tertiary/aromatic N) is 4. The maximum atomic E-state index is 13.3. The van der Waals surface area contributed by atoms with Gasteiger partial charge in [0, 0.05) is 38.6 Å². The lowest BCUT2D eigenvalue weighted by Crippen LogP contribution is -2.46. The smallest absolute Gasteiger partial charge is 0.275 e. The molecule has 3 atom stereocenters. The molecule has 2 aromatic rings. The SMILES string of the molecule is C[C@H]1CCCCN(C(=O)[C@@]23CCN(C(=O)c4n[nH]c5ccncc45)C[C@@H]2C3)C1. The zero-order chi connectivity index (χ0) is 19.3. The van der Waals surface area contributed by atoms with Crippen molar-refractivity contribution in [3.05, 3.63) is 24.2 Å². The van der Waals surface area contributed by atoms with Crippen LogP contribution in [0.25, 0.3) is 10.9 Å². The molecule has 1 aliphatic carbocycles. The number of amides is 2. The number of nitrogens with one attached hydrogen (secondary N) is 1. The van der Waals surface area contributed by atoms with E-state index < -0.39 is 0 Å². The Bertz CT molecular complexity index is 924. The third kappa shape index (κ3) is 2.79. The van der Waals surface area contributed by atoms with Gasteiger partial charge in [-0.05, 0) is 43.6 Å². The molecule has 3 aliphatic rings. The van der Waals surface area contributed by atoms with Gasteiger partial charge in [-0.15, -0.1) is 0 Å². The van der Waals surface area contributed by atoms with Crippen LogP contribution >= 0.6 is 0 Å². The van der Waals surface area contributed by atoms with Crippen molar-refractivity contribution >= 4 is 22.7 Å². The second-order valence-electron chi connectivity index (χ2n) is 8.90. The molecule has 2 aliphatic heterocycles. The van der Waals surface area contributed by atoms with Crippen LogP contribution in [0.1, 0.15) is 49.5 Å². The molecule has 0 bridgehead atoms. The molecule has 2 aromatic heterocycles. The highest BCUT2D eigenvalue weighted by Gasteiger charge is 2.63. The molecule has 7 nitrogen and oxygen atoms in total. The van der Waals surface area contributed by atoms with Gasteiger partial charge in [0.25, 0.3) is 5.91 Å². The van der Waals surface area contributed by atoms with Crippen molar-refractivity contribution in [3.8, 4) is 0 Å². The fourth-order valence-corrected chi connectivity index (χ4v) is 5.19. The van der Waals surface area contributed by atoms with Gasteiger partial charge in [-0.25, -0.2) is 0 Å². The Hall–Kier alpha value is -2.44. The van der Waals surface area contributed by atoms with Crippen LogP contribution in [0.15, 0.2) is 18.5 Å². The number of aromatic amines is 1. The lowest BCUT2D eigenvalue weighted by molar-refractivity contribution is -0.139. The summed E-state index contributed by atoms with van der Waals surface area (Å²) in [5.74, 6) is 1.16. The highest BCUT2D eigenvalue weighted by atomic mass is 16.2. The normalized spacial score (nSPS) is 30.0. The van der Waals surface area contributed by atoms with Gasteiger partial charge in [-0.2, -0.15) is 5.10 Å². The molecule has 1 saturated carbocycles. The first kappa shape index (κ1) is 17.6. The van der Waals surface area contributed by atoms with E-state index in [0.717, 1.165) is 43.3 Å². The van der Waals surface area contributed by atoms with Gasteiger partial charge in [0.2, 0.25) is 5.91 Å². The minimum absolute atomic E-state index is 0.0596. The highest BCUT2D eigenvalue weighted by molar-refractivity contribution is 6.04. The Labute approximate surface area is 164 Å². The number of likely N-dealkylation sites (tertiary alicyclic amines) is 2. The van der Waals surface area contributed by atoms with Crippen LogP contribution in [-0.2, 0) is 4.79 Å². The number of carbonyl (C=O) groups is 2. The molecule has 0 aromatic carbocycles. The molecule has 2 amide bonds. The summed E-state index contributed by atoms with van der Waals surface area (Å²) in [5, 5.41) is 7.89. The maximum absolute atomic E-state index is 13.3. The van der Waals surface area contributed by atoms with Gasteiger partial charge in [0.05, 0.1) is 16.3 Å². The summed E-state index contributed by atoms with van der Waals surface area (Å²) in [5.41, 5.74) is 1.04. The van der Waals surface area contributed by atoms with Crippen LogP contribution in [0.2, 0.25) is 0 Å². The van der Waals surface area contributed by atoms with E-state index >= 15 is 0 Å². The van der Waals surface area contributed by atoms with Gasteiger partial charge < -0.3 is 9.80 Å². The largest absolute Gasteiger partial charge is 0.342 e. The van der Waals surface area contributed by atoms with Crippen LogP contribution < -0.4 is 0 Å². The van der Waals surface area contributed by atoms with Gasteiger partial charge in [0.1, 0.15) is 0 Å². The fraction of sp³-hybridized carbons (Fsp3) is 0.619. The quantitative estimate of drug-likeness (QED) is 0.866. The second-order valence-corrected chi connectivity index (χ2v) is 8.90. The van der Waals surface area contributed by atoms with Crippen LogP contribution in [0.5, 0.6) is 0 Å². The molecule has 4 heterocycles. The Morgan fingerprint density at radius 3 is 2.96 bits per heavy atom. The van der Waals surface area contributed by atoms with Gasteiger partial charge in [-0.1, -0.05) is 13.3 Å². The van der Waals surface area contributed by atoms with Crippen molar-refractivity contribution < 1.29 is 9.59 Å². The number of pyridine rings is 1. The molecule has 5 rings (SSSR count). The molecule has 1 N–H and O–H groups in total. The van der Waals surface area contributed by atoms with Crippen molar-refractivity contribution in [2.45, 2.75) is 39.0 Å². The van der Waals surface area contributed by atoms with Crippen molar-refractivity contribution in [2.24, 2.45) is 17.3 Å². The molecule has 7 heteroatoms. The van der Waals surface area contributed by atoms with E-state index in [2.05, 4.69) is 27.0 Å². The number of piperidine rings is 1. The monoisotopic (exact) mass is 381 g/mol. The zero-order valence-corrected chi connectivity index (χ0v) is 16.4. The summed E-state index contributed by atoms with van der Waals surface area (Å²) >= 11 is 0. The summed E-state index contributed by atoms with van der Waals surface area (Å²) in [6.45, 7) is 5.31. The molecular formula is C21H27N5O2. The molecule has 148 valence electrons. The lowest BCUT2D eigenvalue weighted by Gasteiger charge is -2.34. The fourth-order valence-electron chi connectivity index (χ4n) is 5.19. The van der Waals surface area contributed by atoms with Crippen molar-refractivity contribution in [1.29, 1.82) is 0 Å². The first-order chi connectivity index (χ1) is 13.6. The number of H-pyrrole nitrogens is 1. The number of carbonyl (C=O) groups excluding carboxylic acids is 2. The number of hydrogen-bond donors (Lipinski definition) is 1. The Morgan fingerprint density at radius 2 is 2.11 bits per heavy atom. The molecule has 2 saturated heterocycles. The number of rotatable bonds is 2. The average Bonchev–Trinajstić information content (AvgIpc) is 3.37. The van der Waals surface area contributed by atoms with Crippen LogP contribution in [0.4, 0.5) is 0 Å². The molecule has 0 spiro atoms. The molecule has 0 radical (unpaired) electrons. The van der Waals surface area contributed by atoms with Gasteiger partial charge in [-0.3, -0.25) is 19.7 Å². The molecule has 28 heavy (non-hydrogen) atoms. The third-order valence-corrected chi connectivity index (χ3v) is 6.97. The highest BCUT2D eigenvalue weighted by Crippen LogP contribution is 2.59. The van der Waals surface area contributed by atoms with Crippen molar-refractivity contribution in [2.75, 3.05) is 26.2 Å².